The van der Waals surface area contributed by atoms with Crippen molar-refractivity contribution in [3.63, 3.8) is 0 Å². The molecule has 0 saturated carbocycles. The van der Waals surface area contributed by atoms with Gasteiger partial charge in [-0.05, 0) is 38.0 Å². The molecule has 0 fully saturated rings. The molecule has 0 aromatic carbocycles. The van der Waals surface area contributed by atoms with Crippen molar-refractivity contribution >= 4 is 5.78 Å². The average Bonchev–Trinajstić information content (AvgIpc) is 2.02. The molecule has 0 radical (unpaired) electrons. The molecular formula is C10H13NO. The predicted molar refractivity (Wildman–Crippen MR) is 48.4 cm³/mol. The monoisotopic (exact) mass is 163 g/mol. The maximum Gasteiger partial charge on any atom is 0.152 e. The Morgan fingerprint density at radius 1 is 1.42 bits per heavy atom. The largest absolute Gasteiger partial charge is 0.295 e. The molecule has 2 heteroatoms. The van der Waals surface area contributed by atoms with Crippen molar-refractivity contribution in [2.75, 3.05) is 0 Å². The Kier molecular flexibility index (Phi) is 4.71. The lowest BCUT2D eigenvalue weighted by Gasteiger charge is -1.94. The molecule has 0 N–H and O–H groups in total. The highest BCUT2D eigenvalue weighted by Crippen LogP contribution is 2.05. The van der Waals surface area contributed by atoms with E-state index >= 15 is 0 Å². The highest BCUT2D eigenvalue weighted by atomic mass is 16.1. The molecule has 2 nitrogen and oxygen atoms in total. The third-order valence-corrected chi connectivity index (χ3v) is 1.38. The zero-order valence-electron chi connectivity index (χ0n) is 7.72. The molecule has 12 heavy (non-hydrogen) atoms. The first kappa shape index (κ1) is 10.6. The lowest BCUT2D eigenvalue weighted by molar-refractivity contribution is -0.112. The van der Waals surface area contributed by atoms with E-state index < -0.39 is 0 Å². The van der Waals surface area contributed by atoms with Gasteiger partial charge in [0.15, 0.2) is 5.78 Å². The molecule has 0 unspecified atom stereocenters. The molecular weight excluding hydrogens is 150 g/mol. The van der Waals surface area contributed by atoms with Gasteiger partial charge >= 0.3 is 0 Å². The first-order valence-corrected chi connectivity index (χ1v) is 3.89. The normalized spacial score (nSPS) is 12.5. The predicted octanol–water partition coefficient (Wildman–Crippen LogP) is 2.38. The van der Waals surface area contributed by atoms with E-state index in [9.17, 15) is 4.79 Å². The van der Waals surface area contributed by atoms with Crippen molar-refractivity contribution in [1.82, 2.24) is 0 Å². The number of hydrogen-bond donors (Lipinski definition) is 0. The summed E-state index contributed by atoms with van der Waals surface area (Å²) in [6.07, 6.45) is 4.07. The van der Waals surface area contributed by atoms with Crippen LogP contribution in [-0.2, 0) is 4.79 Å². The molecule has 64 valence electrons. The van der Waals surface area contributed by atoms with Gasteiger partial charge in [-0.1, -0.05) is 6.92 Å². The summed E-state index contributed by atoms with van der Waals surface area (Å²) in [4.78, 5) is 10.7. The second kappa shape index (κ2) is 5.31. The van der Waals surface area contributed by atoms with Gasteiger partial charge in [-0.2, -0.15) is 5.26 Å². The number of hydrogen-bond acceptors (Lipinski definition) is 2. The van der Waals surface area contributed by atoms with Crippen LogP contribution in [-0.4, -0.2) is 5.78 Å². The number of carbonyl (C=O) groups excluding carboxylic acids is 1. The molecule has 0 heterocycles. The Balaban J connectivity index is 4.61. The SMILES string of the molecule is CCC(/C=C(\C)C#N)=C\C(C)=O. The van der Waals surface area contributed by atoms with Gasteiger partial charge in [-0.25, -0.2) is 0 Å². The van der Waals surface area contributed by atoms with Crippen LogP contribution >= 0.6 is 0 Å². The van der Waals surface area contributed by atoms with Gasteiger partial charge in [0, 0.05) is 5.57 Å². The van der Waals surface area contributed by atoms with E-state index in [1.807, 2.05) is 13.0 Å². The van der Waals surface area contributed by atoms with Gasteiger partial charge in [0.1, 0.15) is 0 Å². The van der Waals surface area contributed by atoms with E-state index in [4.69, 9.17) is 5.26 Å². The number of nitriles is 1. The van der Waals surface area contributed by atoms with Crippen LogP contribution in [0, 0.1) is 11.3 Å². The van der Waals surface area contributed by atoms with Gasteiger partial charge in [0.25, 0.3) is 0 Å². The van der Waals surface area contributed by atoms with Crippen LogP contribution < -0.4 is 0 Å². The second-order valence-electron chi connectivity index (χ2n) is 2.62. The number of rotatable bonds is 3. The minimum Gasteiger partial charge on any atom is -0.295 e. The number of allylic oxidation sites excluding steroid dienone is 4. The van der Waals surface area contributed by atoms with E-state index in [1.165, 1.54) is 6.92 Å². The summed E-state index contributed by atoms with van der Waals surface area (Å²) in [5.41, 5.74) is 1.53. The molecule has 0 aromatic rings. The maximum absolute atomic E-state index is 10.7. The van der Waals surface area contributed by atoms with Crippen molar-refractivity contribution in [2.45, 2.75) is 27.2 Å². The third-order valence-electron chi connectivity index (χ3n) is 1.38. The van der Waals surface area contributed by atoms with Crippen molar-refractivity contribution in [2.24, 2.45) is 0 Å². The van der Waals surface area contributed by atoms with Gasteiger partial charge in [-0.15, -0.1) is 0 Å². The minimum atomic E-state index is 0.0221. The summed E-state index contributed by atoms with van der Waals surface area (Å²) in [6.45, 7) is 5.19. The average molecular weight is 163 g/mol. The third kappa shape index (κ3) is 4.45. The number of nitrogens with zero attached hydrogens (tertiary/aromatic N) is 1. The molecule has 0 aliphatic heterocycles. The molecule has 0 atom stereocenters. The van der Waals surface area contributed by atoms with E-state index in [-0.39, 0.29) is 5.78 Å². The standard InChI is InChI=1S/C10H13NO/c1-4-10(6-9(3)12)5-8(2)7-11/h5-6H,4H2,1-3H3/b8-5+,10-6+. The topological polar surface area (TPSA) is 40.9 Å². The van der Waals surface area contributed by atoms with Crippen LogP contribution in [0.1, 0.15) is 27.2 Å². The van der Waals surface area contributed by atoms with Crippen LogP contribution in [0.3, 0.4) is 0 Å². The summed E-state index contributed by atoms with van der Waals surface area (Å²) in [7, 11) is 0. The molecule has 0 amide bonds. The lowest BCUT2D eigenvalue weighted by Crippen LogP contribution is -1.86. The molecule has 0 aliphatic rings. The zero-order valence-corrected chi connectivity index (χ0v) is 7.72. The van der Waals surface area contributed by atoms with Crippen LogP contribution in [0.4, 0.5) is 0 Å². The molecule has 0 saturated heterocycles. The molecule has 0 spiro atoms. The van der Waals surface area contributed by atoms with Crippen molar-refractivity contribution in [3.05, 3.63) is 23.3 Å². The molecule has 0 aliphatic carbocycles. The van der Waals surface area contributed by atoms with Gasteiger partial charge < -0.3 is 0 Å². The number of carbonyl (C=O) groups is 1. The summed E-state index contributed by atoms with van der Waals surface area (Å²) in [5, 5.41) is 8.48. The molecule has 0 rings (SSSR count). The summed E-state index contributed by atoms with van der Waals surface area (Å²) in [5.74, 6) is 0.0221. The quantitative estimate of drug-likeness (QED) is 0.364. The zero-order chi connectivity index (χ0) is 9.56. The smallest absolute Gasteiger partial charge is 0.152 e. The fourth-order valence-corrected chi connectivity index (χ4v) is 0.817. The summed E-state index contributed by atoms with van der Waals surface area (Å²) >= 11 is 0. The Morgan fingerprint density at radius 2 is 2.00 bits per heavy atom. The van der Waals surface area contributed by atoms with Crippen LogP contribution in [0.2, 0.25) is 0 Å². The minimum absolute atomic E-state index is 0.0221. The highest BCUT2D eigenvalue weighted by molar-refractivity contribution is 5.88. The Labute approximate surface area is 73.2 Å². The molecule has 0 bridgehead atoms. The van der Waals surface area contributed by atoms with Gasteiger partial charge in [0.2, 0.25) is 0 Å². The Bertz CT molecular complexity index is 266. The lowest BCUT2D eigenvalue weighted by atomic mass is 10.1. The molecule has 0 aromatic heterocycles. The fraction of sp³-hybridized carbons (Fsp3) is 0.400. The van der Waals surface area contributed by atoms with E-state index in [0.29, 0.717) is 5.57 Å². The second-order valence-corrected chi connectivity index (χ2v) is 2.62. The summed E-state index contributed by atoms with van der Waals surface area (Å²) < 4.78 is 0. The van der Waals surface area contributed by atoms with Crippen molar-refractivity contribution in [1.29, 1.82) is 5.26 Å². The summed E-state index contributed by atoms with van der Waals surface area (Å²) in [6, 6.07) is 2.01. The van der Waals surface area contributed by atoms with Gasteiger partial charge in [-0.3, -0.25) is 4.79 Å². The number of ketones is 1. The first-order chi connectivity index (χ1) is 5.60. The van der Waals surface area contributed by atoms with Gasteiger partial charge in [0.05, 0.1) is 6.07 Å². The van der Waals surface area contributed by atoms with Crippen LogP contribution in [0.15, 0.2) is 23.3 Å². The Morgan fingerprint density at radius 3 is 2.33 bits per heavy atom. The van der Waals surface area contributed by atoms with Crippen molar-refractivity contribution in [3.8, 4) is 6.07 Å². The first-order valence-electron chi connectivity index (χ1n) is 3.89. The highest BCUT2D eigenvalue weighted by Gasteiger charge is 1.93. The van der Waals surface area contributed by atoms with Crippen LogP contribution in [0.25, 0.3) is 0 Å². The van der Waals surface area contributed by atoms with E-state index in [2.05, 4.69) is 0 Å². The van der Waals surface area contributed by atoms with Crippen molar-refractivity contribution < 1.29 is 4.79 Å². The van der Waals surface area contributed by atoms with E-state index in [0.717, 1.165) is 12.0 Å². The Hall–Kier alpha value is -1.36. The van der Waals surface area contributed by atoms with E-state index in [1.54, 1.807) is 19.1 Å². The maximum atomic E-state index is 10.7. The van der Waals surface area contributed by atoms with Crippen LogP contribution in [0.5, 0.6) is 0 Å². The fourth-order valence-electron chi connectivity index (χ4n) is 0.817.